The van der Waals surface area contributed by atoms with Gasteiger partial charge in [-0.25, -0.2) is 28.5 Å². The Morgan fingerprint density at radius 1 is 1.00 bits per heavy atom. The van der Waals surface area contributed by atoms with Gasteiger partial charge in [-0.2, -0.15) is 0 Å². The second-order valence-corrected chi connectivity index (χ2v) is 10.7. The van der Waals surface area contributed by atoms with Crippen molar-refractivity contribution in [3.63, 3.8) is 0 Å². The van der Waals surface area contributed by atoms with Crippen molar-refractivity contribution in [1.82, 2.24) is 19.9 Å². The van der Waals surface area contributed by atoms with Gasteiger partial charge in [0.2, 0.25) is 10.0 Å². The Kier molecular flexibility index (Phi) is 5.97. The van der Waals surface area contributed by atoms with E-state index in [4.69, 9.17) is 5.14 Å². The second-order valence-electron chi connectivity index (χ2n) is 8.29. The molecule has 0 bridgehead atoms. The Morgan fingerprint density at radius 2 is 1.80 bits per heavy atom. The maximum atomic E-state index is 11.5. The lowest BCUT2D eigenvalue weighted by Crippen LogP contribution is -2.11. The second kappa shape index (κ2) is 9.10. The Morgan fingerprint density at radius 3 is 2.54 bits per heavy atom. The molecule has 11 heteroatoms. The minimum absolute atomic E-state index is 0.0539. The number of sulfonamides is 1. The van der Waals surface area contributed by atoms with Crippen molar-refractivity contribution in [1.29, 1.82) is 0 Å². The highest BCUT2D eigenvalue weighted by Crippen LogP contribution is 2.32. The number of fused-ring (bicyclic) bond motifs is 1. The Bertz CT molecular complexity index is 1610. The molecule has 0 amide bonds. The average molecular weight is 506 g/mol. The Labute approximate surface area is 206 Å². The number of benzene rings is 2. The van der Waals surface area contributed by atoms with Crippen LogP contribution < -0.4 is 15.8 Å². The molecule has 0 saturated heterocycles. The predicted molar refractivity (Wildman–Crippen MR) is 140 cm³/mol. The van der Waals surface area contributed by atoms with Crippen molar-refractivity contribution in [2.24, 2.45) is 5.14 Å². The number of pyridine rings is 1. The van der Waals surface area contributed by atoms with Crippen molar-refractivity contribution in [3.8, 4) is 22.6 Å². The third kappa shape index (κ3) is 5.02. The van der Waals surface area contributed by atoms with Gasteiger partial charge in [-0.05, 0) is 56.3 Å². The highest BCUT2D eigenvalue weighted by molar-refractivity contribution is 7.89. The summed E-state index contributed by atoms with van der Waals surface area (Å²) >= 11 is 1.59. The molecule has 0 aliphatic carbocycles. The zero-order valence-electron chi connectivity index (χ0n) is 19.0. The number of aromatic amines is 1. The number of hydrogen-bond donors (Lipinski definition) is 4. The number of nitrogens with one attached hydrogen (secondary N) is 3. The number of H-pyrrole nitrogens is 1. The topological polar surface area (TPSA) is 139 Å². The van der Waals surface area contributed by atoms with Gasteiger partial charge < -0.3 is 15.6 Å². The normalized spacial score (nSPS) is 11.8. The number of hydrogen-bond acceptors (Lipinski definition) is 8. The molecule has 3 heterocycles. The fraction of sp³-hybridized carbons (Fsp3) is 0.125. The summed E-state index contributed by atoms with van der Waals surface area (Å²) in [6.07, 6.45) is 3.52. The quantitative estimate of drug-likeness (QED) is 0.245. The van der Waals surface area contributed by atoms with Gasteiger partial charge in [0.05, 0.1) is 32.5 Å². The molecule has 0 aliphatic heterocycles. The van der Waals surface area contributed by atoms with Crippen molar-refractivity contribution in [3.05, 3.63) is 66.4 Å². The third-order valence-corrected chi connectivity index (χ3v) is 7.00. The lowest BCUT2D eigenvalue weighted by molar-refractivity contribution is 0.598. The Balaban J connectivity index is 1.44. The van der Waals surface area contributed by atoms with Crippen LogP contribution in [0.3, 0.4) is 0 Å². The van der Waals surface area contributed by atoms with Crippen LogP contribution in [0.2, 0.25) is 0 Å². The summed E-state index contributed by atoms with van der Waals surface area (Å²) in [5.41, 5.74) is 7.03. The first-order chi connectivity index (χ1) is 16.8. The number of nitrogens with two attached hydrogens (primary N) is 1. The van der Waals surface area contributed by atoms with Gasteiger partial charge in [0.1, 0.15) is 11.6 Å². The fourth-order valence-electron chi connectivity index (χ4n) is 3.66. The minimum atomic E-state index is -3.75. The van der Waals surface area contributed by atoms with Gasteiger partial charge in [0.15, 0.2) is 0 Å². The summed E-state index contributed by atoms with van der Waals surface area (Å²) in [7, 11) is -3.75. The minimum Gasteiger partial charge on any atom is -0.382 e. The van der Waals surface area contributed by atoms with Gasteiger partial charge in [-0.3, -0.25) is 0 Å². The van der Waals surface area contributed by atoms with E-state index in [-0.39, 0.29) is 10.9 Å². The summed E-state index contributed by atoms with van der Waals surface area (Å²) < 4.78 is 24.1. The maximum absolute atomic E-state index is 11.5. The molecule has 0 unspecified atom stereocenters. The van der Waals surface area contributed by atoms with E-state index in [2.05, 4.69) is 50.5 Å². The SMILES string of the molecule is CC(C)Nc1cc(Nc2ccc3ncsc3c2)ncc1-c1cnc(-c2ccc(S(N)(=O)=O)cc2)[nH]1. The first kappa shape index (κ1) is 23.0. The zero-order valence-corrected chi connectivity index (χ0v) is 20.6. The van der Waals surface area contributed by atoms with E-state index in [1.807, 2.05) is 23.7 Å². The van der Waals surface area contributed by atoms with Crippen molar-refractivity contribution in [2.45, 2.75) is 24.8 Å². The number of rotatable bonds is 7. The zero-order chi connectivity index (χ0) is 24.6. The summed E-state index contributed by atoms with van der Waals surface area (Å²) in [6, 6.07) is 14.4. The van der Waals surface area contributed by atoms with E-state index in [1.54, 1.807) is 35.9 Å². The molecule has 0 atom stereocenters. The molecule has 0 saturated carbocycles. The van der Waals surface area contributed by atoms with Gasteiger partial charge >= 0.3 is 0 Å². The van der Waals surface area contributed by atoms with E-state index >= 15 is 0 Å². The first-order valence-corrected chi connectivity index (χ1v) is 13.2. The molecule has 9 nitrogen and oxygen atoms in total. The number of imidazole rings is 1. The number of thiazole rings is 1. The van der Waals surface area contributed by atoms with Crippen molar-refractivity contribution >= 4 is 48.8 Å². The van der Waals surface area contributed by atoms with Gasteiger partial charge in [-0.1, -0.05) is 0 Å². The van der Waals surface area contributed by atoms with E-state index in [0.29, 0.717) is 11.6 Å². The number of primary sulfonamides is 1. The largest absolute Gasteiger partial charge is 0.382 e. The molecule has 0 spiro atoms. The highest BCUT2D eigenvalue weighted by atomic mass is 32.2. The van der Waals surface area contributed by atoms with E-state index in [9.17, 15) is 8.42 Å². The van der Waals surface area contributed by atoms with Crippen LogP contribution in [-0.2, 0) is 10.0 Å². The molecule has 5 rings (SSSR count). The maximum Gasteiger partial charge on any atom is 0.238 e. The first-order valence-electron chi connectivity index (χ1n) is 10.8. The fourth-order valence-corrected chi connectivity index (χ4v) is 4.89. The van der Waals surface area contributed by atoms with E-state index < -0.39 is 10.0 Å². The van der Waals surface area contributed by atoms with Crippen LogP contribution in [0.25, 0.3) is 32.9 Å². The molecule has 35 heavy (non-hydrogen) atoms. The molecule has 5 aromatic rings. The molecular formula is C24H23N7O2S2. The van der Waals surface area contributed by atoms with Gasteiger partial charge in [-0.15, -0.1) is 11.3 Å². The highest BCUT2D eigenvalue weighted by Gasteiger charge is 2.14. The summed E-state index contributed by atoms with van der Waals surface area (Å²) in [6.45, 7) is 4.14. The van der Waals surface area contributed by atoms with E-state index in [1.165, 1.54) is 12.1 Å². The number of anilines is 3. The molecule has 0 fully saturated rings. The van der Waals surface area contributed by atoms with Gasteiger partial charge in [0.25, 0.3) is 0 Å². The third-order valence-electron chi connectivity index (χ3n) is 5.27. The Hall–Kier alpha value is -3.80. The molecular weight excluding hydrogens is 482 g/mol. The molecule has 178 valence electrons. The van der Waals surface area contributed by atoms with Crippen molar-refractivity contribution in [2.75, 3.05) is 10.6 Å². The average Bonchev–Trinajstić information content (AvgIpc) is 3.48. The van der Waals surface area contributed by atoms with Crippen LogP contribution in [0.1, 0.15) is 13.8 Å². The molecule has 0 aliphatic rings. The van der Waals surface area contributed by atoms with Gasteiger partial charge in [0, 0.05) is 40.8 Å². The van der Waals surface area contributed by atoms with Crippen LogP contribution in [0.4, 0.5) is 17.2 Å². The van der Waals surface area contributed by atoms with Crippen molar-refractivity contribution < 1.29 is 8.42 Å². The molecule has 2 aromatic carbocycles. The molecule has 3 aromatic heterocycles. The van der Waals surface area contributed by atoms with Crippen LogP contribution >= 0.6 is 11.3 Å². The lowest BCUT2D eigenvalue weighted by Gasteiger charge is -2.16. The van der Waals surface area contributed by atoms with Crippen LogP contribution in [0, 0.1) is 0 Å². The summed E-state index contributed by atoms with van der Waals surface area (Å²) in [5, 5.41) is 12.0. The van der Waals surface area contributed by atoms with E-state index in [0.717, 1.165) is 38.4 Å². The van der Waals surface area contributed by atoms with Crippen LogP contribution in [0.5, 0.6) is 0 Å². The number of nitrogens with zero attached hydrogens (tertiary/aromatic N) is 3. The molecule has 0 radical (unpaired) electrons. The summed E-state index contributed by atoms with van der Waals surface area (Å²) in [5.74, 6) is 1.32. The monoisotopic (exact) mass is 505 g/mol. The smallest absolute Gasteiger partial charge is 0.238 e. The van der Waals surface area contributed by atoms with Crippen LogP contribution in [0.15, 0.2) is 71.3 Å². The number of aromatic nitrogens is 4. The lowest BCUT2D eigenvalue weighted by atomic mass is 10.1. The molecule has 5 N–H and O–H groups in total. The summed E-state index contributed by atoms with van der Waals surface area (Å²) in [4.78, 5) is 16.8. The van der Waals surface area contributed by atoms with Crippen LogP contribution in [-0.4, -0.2) is 34.4 Å². The predicted octanol–water partition coefficient (Wildman–Crippen LogP) is 4.96. The standard InChI is InChI=1S/C24H23N7O2S2/c1-14(2)29-20-10-23(30-16-5-8-19-22(9-16)34-13-28-19)26-11-18(20)21-12-27-24(31-21)15-3-6-17(7-4-15)35(25,32)33/h3-14H,1-2H3,(H,27,31)(H2,25,32,33)(H2,26,29,30).